The van der Waals surface area contributed by atoms with Crippen LogP contribution < -0.4 is 11.1 Å². The van der Waals surface area contributed by atoms with Crippen LogP contribution in [0.3, 0.4) is 0 Å². The molecule has 2 spiro atoms. The van der Waals surface area contributed by atoms with Crippen LogP contribution in [0, 0.1) is 5.92 Å². The average Bonchev–Trinajstić information content (AvgIpc) is 2.82. The molecule has 5 heterocycles. The zero-order chi connectivity index (χ0) is 17.1. The van der Waals surface area contributed by atoms with Crippen LogP contribution in [0.2, 0.25) is 0 Å². The number of hydrogen-bond acceptors (Lipinski definition) is 10. The molecule has 0 aromatic carbocycles. The van der Waals surface area contributed by atoms with Gasteiger partial charge in [-0.3, -0.25) is 4.99 Å². The Hall–Kier alpha value is -1.01. The van der Waals surface area contributed by atoms with E-state index in [2.05, 4.69) is 10.3 Å². The van der Waals surface area contributed by atoms with Gasteiger partial charge in [0.05, 0.1) is 13.2 Å². The maximum atomic E-state index is 11.1. The van der Waals surface area contributed by atoms with Crippen LogP contribution in [0.25, 0.3) is 0 Å². The van der Waals surface area contributed by atoms with Gasteiger partial charge in [-0.05, 0) is 13.8 Å². The highest BCUT2D eigenvalue weighted by atomic mass is 16.9. The molecule has 5 fully saturated rings. The van der Waals surface area contributed by atoms with Gasteiger partial charge in [-0.2, -0.15) is 0 Å². The van der Waals surface area contributed by atoms with E-state index in [-0.39, 0.29) is 19.1 Å². The molecule has 0 amide bonds. The Labute approximate surface area is 137 Å². The number of nitrogens with zero attached hydrogens (tertiary/aromatic N) is 1. The van der Waals surface area contributed by atoms with Gasteiger partial charge in [-0.25, -0.2) is 0 Å². The maximum absolute atomic E-state index is 11.1. The van der Waals surface area contributed by atoms with Gasteiger partial charge >= 0.3 is 5.97 Å². The van der Waals surface area contributed by atoms with Crippen LogP contribution in [-0.4, -0.2) is 81.7 Å². The summed E-state index contributed by atoms with van der Waals surface area (Å²) in [5.74, 6) is -3.53. The summed E-state index contributed by atoms with van der Waals surface area (Å²) in [6.45, 7) is 3.86. The molecule has 6 aliphatic rings. The van der Waals surface area contributed by atoms with Crippen LogP contribution in [0.15, 0.2) is 4.99 Å². The second-order valence-electron chi connectivity index (χ2n) is 7.69. The third kappa shape index (κ3) is 1.45. The van der Waals surface area contributed by atoms with E-state index in [9.17, 15) is 15.3 Å². The molecule has 10 heteroatoms. The molecule has 0 aromatic heterocycles. The molecule has 4 saturated heterocycles. The minimum absolute atomic E-state index is 0.0906. The lowest BCUT2D eigenvalue weighted by atomic mass is 9.55. The highest BCUT2D eigenvalue weighted by molar-refractivity contribution is 5.80. The molecular weight excluding hydrogens is 322 g/mol. The highest BCUT2D eigenvalue weighted by Crippen LogP contribution is 2.60. The predicted molar refractivity (Wildman–Crippen MR) is 76.4 cm³/mol. The quantitative estimate of drug-likeness (QED) is 0.309. The molecule has 4 bridgehead atoms. The molecule has 6 unspecified atom stereocenters. The lowest BCUT2D eigenvalue weighted by Crippen LogP contribution is -2.94. The second-order valence-corrected chi connectivity index (χ2v) is 7.69. The zero-order valence-corrected chi connectivity index (χ0v) is 13.3. The van der Waals surface area contributed by atoms with Crippen molar-refractivity contribution >= 4 is 5.96 Å². The fourth-order valence-corrected chi connectivity index (χ4v) is 5.05. The largest absolute Gasteiger partial charge is 0.388 e. The highest BCUT2D eigenvalue weighted by Gasteiger charge is 2.83. The lowest BCUT2D eigenvalue weighted by Gasteiger charge is -2.71. The lowest BCUT2D eigenvalue weighted by molar-refractivity contribution is -0.544. The summed E-state index contributed by atoms with van der Waals surface area (Å²) in [7, 11) is 0. The standard InChI is InChI=1S/C14H21N3O7/c1-11(2)21-4-12(24-11)7-5-3-16-10(15)17-13(5)6(18)8(12)23-14(20,22-7)9(13)19/h5-9,18-20H,3-4H2,1-2H3,(H3,15,16,17)/t5?,6-,7?,8?,9-,12?,13?,14?/m0/s1. The molecule has 0 aromatic rings. The number of nitrogens with two attached hydrogens (primary N) is 1. The van der Waals surface area contributed by atoms with Crippen molar-refractivity contribution in [1.29, 1.82) is 0 Å². The molecule has 0 radical (unpaired) electrons. The van der Waals surface area contributed by atoms with E-state index in [4.69, 9.17) is 24.7 Å². The molecule has 134 valence electrons. The molecule has 1 aliphatic carbocycles. The Morgan fingerprint density at radius 3 is 2.62 bits per heavy atom. The maximum Gasteiger partial charge on any atom is 0.311 e. The first-order valence-corrected chi connectivity index (χ1v) is 8.01. The third-order valence-corrected chi connectivity index (χ3v) is 5.99. The summed E-state index contributed by atoms with van der Waals surface area (Å²) in [6.07, 6.45) is -4.40. The fourth-order valence-electron chi connectivity index (χ4n) is 5.05. The fraction of sp³-hybridized carbons (Fsp3) is 0.929. The molecule has 5 aliphatic heterocycles. The van der Waals surface area contributed by atoms with Gasteiger partial charge in [-0.15, -0.1) is 0 Å². The number of nitrogens with one attached hydrogen (secondary N) is 1. The van der Waals surface area contributed by atoms with Gasteiger partial charge in [-0.1, -0.05) is 0 Å². The Kier molecular flexibility index (Phi) is 2.57. The van der Waals surface area contributed by atoms with Crippen molar-refractivity contribution in [2.75, 3.05) is 13.2 Å². The van der Waals surface area contributed by atoms with Gasteiger partial charge < -0.3 is 45.3 Å². The molecule has 24 heavy (non-hydrogen) atoms. The summed E-state index contributed by atoms with van der Waals surface area (Å²) in [5.41, 5.74) is 3.36. The van der Waals surface area contributed by atoms with Gasteiger partial charge in [0.1, 0.15) is 23.9 Å². The number of hydrogen-bond donors (Lipinski definition) is 5. The molecule has 6 rings (SSSR count). The number of rotatable bonds is 0. The Morgan fingerprint density at radius 1 is 1.25 bits per heavy atom. The van der Waals surface area contributed by atoms with Crippen LogP contribution in [0.1, 0.15) is 13.8 Å². The van der Waals surface area contributed by atoms with Crippen molar-refractivity contribution in [3.8, 4) is 0 Å². The summed E-state index contributed by atoms with van der Waals surface area (Å²) in [5, 5.41) is 35.3. The first-order chi connectivity index (χ1) is 11.1. The molecule has 8 atom stereocenters. The van der Waals surface area contributed by atoms with E-state index in [0.29, 0.717) is 0 Å². The number of ether oxygens (including phenoxy) is 4. The third-order valence-electron chi connectivity index (χ3n) is 5.99. The van der Waals surface area contributed by atoms with Gasteiger partial charge in [0.2, 0.25) is 0 Å². The van der Waals surface area contributed by atoms with Crippen molar-refractivity contribution in [3.05, 3.63) is 0 Å². The van der Waals surface area contributed by atoms with Crippen molar-refractivity contribution < 1.29 is 34.3 Å². The van der Waals surface area contributed by atoms with Gasteiger partial charge in [0.25, 0.3) is 0 Å². The number of aliphatic hydroxyl groups is 3. The number of aliphatic hydroxyl groups excluding tert-OH is 2. The van der Waals surface area contributed by atoms with E-state index < -0.39 is 53.2 Å². The smallest absolute Gasteiger partial charge is 0.311 e. The van der Waals surface area contributed by atoms with E-state index in [1.807, 2.05) is 0 Å². The van der Waals surface area contributed by atoms with E-state index in [1.54, 1.807) is 13.8 Å². The minimum Gasteiger partial charge on any atom is -0.388 e. The first-order valence-electron chi connectivity index (χ1n) is 8.01. The summed E-state index contributed by atoms with van der Waals surface area (Å²) < 4.78 is 23.1. The average molecular weight is 343 g/mol. The molecule has 6 N–H and O–H groups in total. The molecule has 10 nitrogen and oxygen atoms in total. The normalized spacial score (nSPS) is 60.0. The monoisotopic (exact) mass is 343 g/mol. The van der Waals surface area contributed by atoms with Gasteiger partial charge in [0.15, 0.2) is 23.5 Å². The zero-order valence-electron chi connectivity index (χ0n) is 13.3. The SMILES string of the molecule is CC1(C)OCC2(O1)C1OC3(O)OC2[C@H](O)C2(NC(N)=NCC12)[C@@H]3O. The minimum atomic E-state index is -2.25. The van der Waals surface area contributed by atoms with Crippen LogP contribution >= 0.6 is 0 Å². The van der Waals surface area contributed by atoms with Crippen molar-refractivity contribution in [1.82, 2.24) is 5.32 Å². The predicted octanol–water partition coefficient (Wildman–Crippen LogP) is -3.04. The van der Waals surface area contributed by atoms with Crippen molar-refractivity contribution in [3.63, 3.8) is 0 Å². The summed E-state index contributed by atoms with van der Waals surface area (Å²) in [6, 6.07) is 0. The number of aliphatic imine (C=N–C) groups is 1. The van der Waals surface area contributed by atoms with Crippen LogP contribution in [0.5, 0.6) is 0 Å². The van der Waals surface area contributed by atoms with E-state index in [0.717, 1.165) is 0 Å². The second kappa shape index (κ2) is 4.04. The Morgan fingerprint density at radius 2 is 1.96 bits per heavy atom. The van der Waals surface area contributed by atoms with Gasteiger partial charge in [0, 0.05) is 5.92 Å². The first kappa shape index (κ1) is 15.3. The van der Waals surface area contributed by atoms with E-state index >= 15 is 0 Å². The molecular formula is C14H21N3O7. The summed E-state index contributed by atoms with van der Waals surface area (Å²) >= 11 is 0. The molecule has 1 saturated carbocycles. The number of guanidine groups is 1. The van der Waals surface area contributed by atoms with Crippen LogP contribution in [0.4, 0.5) is 0 Å². The van der Waals surface area contributed by atoms with Crippen molar-refractivity contribution in [2.24, 2.45) is 16.6 Å². The van der Waals surface area contributed by atoms with Crippen LogP contribution in [-0.2, 0) is 18.9 Å². The van der Waals surface area contributed by atoms with E-state index in [1.165, 1.54) is 0 Å². The topological polar surface area (TPSA) is 148 Å². The summed E-state index contributed by atoms with van der Waals surface area (Å²) in [4.78, 5) is 4.18. The van der Waals surface area contributed by atoms with Crippen molar-refractivity contribution in [2.45, 2.75) is 61.2 Å². The Balaban J connectivity index is 1.68. The Bertz CT molecular complexity index is 644.